The van der Waals surface area contributed by atoms with Gasteiger partial charge in [-0.1, -0.05) is 30.3 Å². The van der Waals surface area contributed by atoms with Crippen LogP contribution in [0.15, 0.2) is 30.3 Å². The van der Waals surface area contributed by atoms with Crippen LogP contribution in [0.3, 0.4) is 0 Å². The van der Waals surface area contributed by atoms with Gasteiger partial charge in [0.1, 0.15) is 0 Å². The zero-order chi connectivity index (χ0) is 11.9. The van der Waals surface area contributed by atoms with Crippen LogP contribution in [0.1, 0.15) is 37.2 Å². The first-order valence-corrected chi connectivity index (χ1v) is 8.07. The van der Waals surface area contributed by atoms with Gasteiger partial charge < -0.3 is 5.32 Å². The lowest BCUT2D eigenvalue weighted by Gasteiger charge is -2.18. The molecule has 1 fully saturated rings. The van der Waals surface area contributed by atoms with Crippen molar-refractivity contribution >= 4 is 11.8 Å². The standard InChI is InChI=1S/C15H23NS/c1-17-11-5-8-14(12-16-15-9-10-15)13-6-3-2-4-7-13/h2-4,6-7,14-16H,5,8-12H2,1H3. The van der Waals surface area contributed by atoms with E-state index in [1.54, 1.807) is 0 Å². The van der Waals surface area contributed by atoms with E-state index in [1.807, 2.05) is 11.8 Å². The summed E-state index contributed by atoms with van der Waals surface area (Å²) in [6.07, 6.45) is 7.59. The van der Waals surface area contributed by atoms with E-state index in [0.717, 1.165) is 12.6 Å². The molecule has 0 radical (unpaired) electrons. The quantitative estimate of drug-likeness (QED) is 0.706. The minimum Gasteiger partial charge on any atom is -0.313 e. The van der Waals surface area contributed by atoms with E-state index in [9.17, 15) is 0 Å². The van der Waals surface area contributed by atoms with Crippen LogP contribution in [0.2, 0.25) is 0 Å². The van der Waals surface area contributed by atoms with Crippen molar-refractivity contribution in [1.29, 1.82) is 0 Å². The van der Waals surface area contributed by atoms with Crippen LogP contribution >= 0.6 is 11.8 Å². The summed E-state index contributed by atoms with van der Waals surface area (Å²) < 4.78 is 0. The third kappa shape index (κ3) is 4.72. The average molecular weight is 249 g/mol. The Morgan fingerprint density at radius 2 is 2.06 bits per heavy atom. The molecule has 0 aromatic heterocycles. The molecule has 2 heteroatoms. The Hall–Kier alpha value is -0.470. The van der Waals surface area contributed by atoms with Crippen LogP contribution in [-0.4, -0.2) is 24.6 Å². The van der Waals surface area contributed by atoms with E-state index in [4.69, 9.17) is 0 Å². The molecule has 0 heterocycles. The summed E-state index contributed by atoms with van der Waals surface area (Å²) in [6.45, 7) is 1.16. The molecular weight excluding hydrogens is 226 g/mol. The summed E-state index contributed by atoms with van der Waals surface area (Å²) in [5.74, 6) is 1.98. The Bertz CT molecular complexity index is 308. The molecule has 1 atom stereocenters. The molecular formula is C15H23NS. The number of nitrogens with one attached hydrogen (secondary N) is 1. The molecule has 0 aliphatic heterocycles. The first kappa shape index (κ1) is 13.0. The molecule has 1 N–H and O–H groups in total. The Balaban J connectivity index is 1.85. The van der Waals surface area contributed by atoms with E-state index in [0.29, 0.717) is 5.92 Å². The minimum atomic E-state index is 0.698. The normalized spacial score (nSPS) is 17.0. The van der Waals surface area contributed by atoms with Gasteiger partial charge in [-0.25, -0.2) is 0 Å². The Labute approximate surface area is 109 Å². The van der Waals surface area contributed by atoms with Gasteiger partial charge in [0.15, 0.2) is 0 Å². The summed E-state index contributed by atoms with van der Waals surface area (Å²) in [4.78, 5) is 0. The zero-order valence-corrected chi connectivity index (χ0v) is 11.5. The predicted octanol–water partition coefficient (Wildman–Crippen LogP) is 3.67. The number of thioether (sulfide) groups is 1. The molecule has 0 amide bonds. The fourth-order valence-corrected chi connectivity index (χ4v) is 2.64. The number of hydrogen-bond acceptors (Lipinski definition) is 2. The summed E-state index contributed by atoms with van der Waals surface area (Å²) in [6, 6.07) is 11.8. The maximum Gasteiger partial charge on any atom is 0.00684 e. The topological polar surface area (TPSA) is 12.0 Å². The van der Waals surface area contributed by atoms with Gasteiger partial charge in [-0.3, -0.25) is 0 Å². The molecule has 1 aromatic carbocycles. The smallest absolute Gasteiger partial charge is 0.00684 e. The second-order valence-corrected chi connectivity index (χ2v) is 5.91. The highest BCUT2D eigenvalue weighted by molar-refractivity contribution is 7.98. The maximum absolute atomic E-state index is 3.68. The van der Waals surface area contributed by atoms with Gasteiger partial charge in [-0.2, -0.15) is 11.8 Å². The van der Waals surface area contributed by atoms with Crippen LogP contribution < -0.4 is 5.32 Å². The summed E-state index contributed by atoms with van der Waals surface area (Å²) >= 11 is 1.96. The molecule has 1 nitrogen and oxygen atoms in total. The monoisotopic (exact) mass is 249 g/mol. The predicted molar refractivity (Wildman–Crippen MR) is 77.8 cm³/mol. The lowest BCUT2D eigenvalue weighted by atomic mass is 9.94. The molecule has 0 bridgehead atoms. The van der Waals surface area contributed by atoms with Crippen molar-refractivity contribution < 1.29 is 0 Å². The van der Waals surface area contributed by atoms with Gasteiger partial charge in [0.2, 0.25) is 0 Å². The molecule has 1 unspecified atom stereocenters. The van der Waals surface area contributed by atoms with E-state index >= 15 is 0 Å². The van der Waals surface area contributed by atoms with Crippen molar-refractivity contribution in [3.63, 3.8) is 0 Å². The Morgan fingerprint density at radius 3 is 2.71 bits per heavy atom. The van der Waals surface area contributed by atoms with Crippen molar-refractivity contribution in [2.45, 2.75) is 37.6 Å². The fourth-order valence-electron chi connectivity index (χ4n) is 2.18. The highest BCUT2D eigenvalue weighted by atomic mass is 32.2. The lowest BCUT2D eigenvalue weighted by molar-refractivity contribution is 0.544. The molecule has 1 saturated carbocycles. The number of rotatable bonds is 8. The molecule has 1 aromatic rings. The van der Waals surface area contributed by atoms with Crippen LogP contribution in [0.25, 0.3) is 0 Å². The van der Waals surface area contributed by atoms with Gasteiger partial charge >= 0.3 is 0 Å². The van der Waals surface area contributed by atoms with E-state index in [1.165, 1.54) is 37.0 Å². The zero-order valence-electron chi connectivity index (χ0n) is 10.7. The third-order valence-electron chi connectivity index (χ3n) is 3.40. The SMILES string of the molecule is CSCCCC(CNC1CC1)c1ccccc1. The van der Waals surface area contributed by atoms with Crippen molar-refractivity contribution in [1.82, 2.24) is 5.32 Å². The first-order valence-electron chi connectivity index (χ1n) is 6.67. The highest BCUT2D eigenvalue weighted by Crippen LogP contribution is 2.24. The molecule has 1 aliphatic carbocycles. The second kappa shape index (κ2) is 7.07. The maximum atomic E-state index is 3.68. The second-order valence-electron chi connectivity index (χ2n) is 4.93. The van der Waals surface area contributed by atoms with Gasteiger partial charge in [0.25, 0.3) is 0 Å². The van der Waals surface area contributed by atoms with Gasteiger partial charge in [-0.15, -0.1) is 0 Å². The Kier molecular flexibility index (Phi) is 5.40. The first-order chi connectivity index (χ1) is 8.40. The number of hydrogen-bond donors (Lipinski definition) is 1. The van der Waals surface area contributed by atoms with E-state index < -0.39 is 0 Å². The fraction of sp³-hybridized carbons (Fsp3) is 0.600. The van der Waals surface area contributed by atoms with Gasteiger partial charge in [-0.05, 0) is 49.2 Å². The summed E-state index contributed by atoms with van der Waals surface area (Å²) in [7, 11) is 0. The van der Waals surface area contributed by atoms with Gasteiger partial charge in [0, 0.05) is 12.6 Å². The highest BCUT2D eigenvalue weighted by Gasteiger charge is 2.22. The molecule has 94 valence electrons. The average Bonchev–Trinajstić information content (AvgIpc) is 3.19. The van der Waals surface area contributed by atoms with Crippen LogP contribution in [-0.2, 0) is 0 Å². The molecule has 0 spiro atoms. The minimum absolute atomic E-state index is 0.698. The van der Waals surface area contributed by atoms with E-state index in [2.05, 4.69) is 41.9 Å². The third-order valence-corrected chi connectivity index (χ3v) is 4.10. The van der Waals surface area contributed by atoms with Gasteiger partial charge in [0.05, 0.1) is 0 Å². The summed E-state index contributed by atoms with van der Waals surface area (Å²) in [5.41, 5.74) is 1.50. The van der Waals surface area contributed by atoms with Crippen molar-refractivity contribution in [3.8, 4) is 0 Å². The summed E-state index contributed by atoms with van der Waals surface area (Å²) in [5, 5.41) is 3.68. The van der Waals surface area contributed by atoms with Crippen molar-refractivity contribution in [3.05, 3.63) is 35.9 Å². The van der Waals surface area contributed by atoms with Crippen molar-refractivity contribution in [2.75, 3.05) is 18.6 Å². The van der Waals surface area contributed by atoms with Crippen LogP contribution in [0.5, 0.6) is 0 Å². The number of benzene rings is 1. The molecule has 1 aliphatic rings. The van der Waals surface area contributed by atoms with E-state index in [-0.39, 0.29) is 0 Å². The molecule has 17 heavy (non-hydrogen) atoms. The Morgan fingerprint density at radius 1 is 1.29 bits per heavy atom. The molecule has 2 rings (SSSR count). The van der Waals surface area contributed by atoms with Crippen LogP contribution in [0, 0.1) is 0 Å². The molecule has 0 saturated heterocycles. The lowest BCUT2D eigenvalue weighted by Crippen LogP contribution is -2.23. The van der Waals surface area contributed by atoms with Crippen molar-refractivity contribution in [2.24, 2.45) is 0 Å². The van der Waals surface area contributed by atoms with Crippen LogP contribution in [0.4, 0.5) is 0 Å². The largest absolute Gasteiger partial charge is 0.313 e.